The monoisotopic (exact) mass is 385 g/mol. The lowest BCUT2D eigenvalue weighted by molar-refractivity contribution is -0.137. The Morgan fingerprint density at radius 1 is 0.964 bits per heavy atom. The molecule has 2 fully saturated rings. The zero-order valence-electron chi connectivity index (χ0n) is 16.2. The van der Waals surface area contributed by atoms with Gasteiger partial charge in [0.05, 0.1) is 5.56 Å². The summed E-state index contributed by atoms with van der Waals surface area (Å²) in [6, 6.07) is 12.9. The molecule has 0 radical (unpaired) electrons. The molecule has 28 heavy (non-hydrogen) atoms. The Labute approximate surface area is 164 Å². The van der Waals surface area contributed by atoms with Crippen LogP contribution in [0.1, 0.15) is 48.8 Å². The van der Waals surface area contributed by atoms with Crippen molar-refractivity contribution in [3.63, 3.8) is 0 Å². The number of fused-ring (bicyclic) bond motifs is 1. The topological polar surface area (TPSA) is 3.24 Å². The maximum absolute atomic E-state index is 12.9. The van der Waals surface area contributed by atoms with Crippen LogP contribution in [-0.4, -0.2) is 24.5 Å². The predicted octanol–water partition coefficient (Wildman–Crippen LogP) is 6.06. The van der Waals surface area contributed by atoms with Gasteiger partial charge in [0.2, 0.25) is 0 Å². The fourth-order valence-corrected chi connectivity index (χ4v) is 6.23. The first-order valence-electron chi connectivity index (χ1n) is 10.4. The number of likely N-dealkylation sites (tertiary alicyclic amines) is 1. The summed E-state index contributed by atoms with van der Waals surface area (Å²) in [4.78, 5) is 2.56. The third-order valence-electron chi connectivity index (χ3n) is 7.66. The highest BCUT2D eigenvalue weighted by Gasteiger charge is 2.53. The van der Waals surface area contributed by atoms with E-state index in [1.807, 2.05) is 0 Å². The van der Waals surface area contributed by atoms with E-state index in [9.17, 15) is 13.2 Å². The van der Waals surface area contributed by atoms with E-state index in [0.29, 0.717) is 6.04 Å². The molecule has 3 aliphatic rings. The van der Waals surface area contributed by atoms with Crippen LogP contribution in [0.3, 0.4) is 0 Å². The molecule has 1 saturated heterocycles. The summed E-state index contributed by atoms with van der Waals surface area (Å²) in [5.74, 6) is 0.718. The molecule has 1 aliphatic heterocycles. The van der Waals surface area contributed by atoms with Crippen LogP contribution < -0.4 is 0 Å². The standard InChI is InChI=1S/C24H26F3N/c1-28-13-12-23-11-3-2-4-20(23)22(28)15-18-6-5-17(14-21(18)23)16-7-9-19(10-8-16)24(25,26)27/h5-10,14,20,22H,2-4,11-13,15H2,1H3/t20-,22+,23+/m1/s1. The van der Waals surface area contributed by atoms with Gasteiger partial charge in [0.25, 0.3) is 0 Å². The number of nitrogens with zero attached hydrogens (tertiary/aromatic N) is 1. The van der Waals surface area contributed by atoms with E-state index in [-0.39, 0.29) is 5.41 Å². The lowest BCUT2D eigenvalue weighted by Crippen LogP contribution is -2.59. The quantitative estimate of drug-likeness (QED) is 0.577. The van der Waals surface area contributed by atoms with Gasteiger partial charge in [-0.2, -0.15) is 13.2 Å². The van der Waals surface area contributed by atoms with Crippen molar-refractivity contribution in [2.24, 2.45) is 5.92 Å². The summed E-state index contributed by atoms with van der Waals surface area (Å²) in [6.45, 7) is 1.14. The molecule has 5 rings (SSSR count). The van der Waals surface area contributed by atoms with Gasteiger partial charge in [0, 0.05) is 11.5 Å². The third-order valence-corrected chi connectivity index (χ3v) is 7.66. The summed E-state index contributed by atoms with van der Waals surface area (Å²) in [6.07, 6.45) is 3.19. The fourth-order valence-electron chi connectivity index (χ4n) is 6.23. The van der Waals surface area contributed by atoms with E-state index in [2.05, 4.69) is 30.1 Å². The SMILES string of the molecule is CN1CC[C@@]23CCCC[C@@H]2[C@@H]1Cc1ccc(-c2ccc(C(F)(F)F)cc2)cc13. The summed E-state index contributed by atoms with van der Waals surface area (Å²) < 4.78 is 38.7. The Kier molecular flexibility index (Phi) is 4.13. The molecule has 0 amide bonds. The minimum absolute atomic E-state index is 0.269. The van der Waals surface area contributed by atoms with Crippen molar-refractivity contribution in [2.75, 3.05) is 13.6 Å². The largest absolute Gasteiger partial charge is 0.416 e. The molecule has 0 aromatic heterocycles. The molecule has 2 aromatic rings. The van der Waals surface area contributed by atoms with Crippen LogP contribution in [0.25, 0.3) is 11.1 Å². The first-order valence-corrected chi connectivity index (χ1v) is 10.4. The van der Waals surface area contributed by atoms with Crippen LogP contribution in [-0.2, 0) is 18.0 Å². The van der Waals surface area contributed by atoms with Crippen LogP contribution in [0.2, 0.25) is 0 Å². The molecule has 2 bridgehead atoms. The molecule has 2 aliphatic carbocycles. The van der Waals surface area contributed by atoms with Gasteiger partial charge in [0.15, 0.2) is 0 Å². The molecule has 1 heterocycles. The summed E-state index contributed by atoms with van der Waals surface area (Å²) in [5.41, 5.74) is 4.53. The van der Waals surface area contributed by atoms with Gasteiger partial charge < -0.3 is 4.90 Å². The van der Waals surface area contributed by atoms with Gasteiger partial charge in [-0.1, -0.05) is 43.2 Å². The first-order chi connectivity index (χ1) is 13.4. The van der Waals surface area contributed by atoms with Gasteiger partial charge in [-0.15, -0.1) is 0 Å². The third kappa shape index (κ3) is 2.72. The molecule has 0 unspecified atom stereocenters. The average Bonchev–Trinajstić information content (AvgIpc) is 2.70. The maximum atomic E-state index is 12.9. The lowest BCUT2D eigenvalue weighted by atomic mass is 9.52. The smallest absolute Gasteiger partial charge is 0.303 e. The van der Waals surface area contributed by atoms with E-state index < -0.39 is 11.7 Å². The molecule has 4 heteroatoms. The van der Waals surface area contributed by atoms with E-state index >= 15 is 0 Å². The van der Waals surface area contributed by atoms with Gasteiger partial charge >= 0.3 is 6.18 Å². The summed E-state index contributed by atoms with van der Waals surface area (Å²) >= 11 is 0. The second kappa shape index (κ2) is 6.35. The van der Waals surface area contributed by atoms with E-state index in [0.717, 1.165) is 30.0 Å². The molecule has 2 aromatic carbocycles. The normalized spacial score (nSPS) is 29.9. The number of likely N-dealkylation sites (N-methyl/N-ethyl adjacent to an activating group) is 1. The number of hydrogen-bond donors (Lipinski definition) is 0. The number of piperidine rings is 1. The number of halogens is 3. The molecular formula is C24H26F3N. The highest BCUT2D eigenvalue weighted by molar-refractivity contribution is 5.66. The van der Waals surface area contributed by atoms with Crippen molar-refractivity contribution >= 4 is 0 Å². The minimum atomic E-state index is -4.29. The minimum Gasteiger partial charge on any atom is -0.303 e. The van der Waals surface area contributed by atoms with Crippen LogP contribution in [0.5, 0.6) is 0 Å². The summed E-state index contributed by atoms with van der Waals surface area (Å²) in [5, 5.41) is 0. The van der Waals surface area contributed by atoms with E-state index in [1.165, 1.54) is 55.4 Å². The Bertz CT molecular complexity index is 886. The maximum Gasteiger partial charge on any atom is 0.416 e. The molecular weight excluding hydrogens is 359 g/mol. The fraction of sp³-hybridized carbons (Fsp3) is 0.500. The summed E-state index contributed by atoms with van der Waals surface area (Å²) in [7, 11) is 2.27. The Hall–Kier alpha value is -1.81. The Morgan fingerprint density at radius 3 is 2.46 bits per heavy atom. The van der Waals surface area contributed by atoms with Crippen molar-refractivity contribution < 1.29 is 13.2 Å². The zero-order valence-corrected chi connectivity index (χ0v) is 16.2. The van der Waals surface area contributed by atoms with Crippen molar-refractivity contribution in [2.45, 2.75) is 56.2 Å². The predicted molar refractivity (Wildman–Crippen MR) is 105 cm³/mol. The van der Waals surface area contributed by atoms with Crippen LogP contribution in [0.15, 0.2) is 42.5 Å². The van der Waals surface area contributed by atoms with Gasteiger partial charge in [0.1, 0.15) is 0 Å². The van der Waals surface area contributed by atoms with Crippen molar-refractivity contribution in [1.29, 1.82) is 0 Å². The van der Waals surface area contributed by atoms with Crippen molar-refractivity contribution in [3.05, 3.63) is 59.2 Å². The second-order valence-electron chi connectivity index (χ2n) is 8.96. The highest BCUT2D eigenvalue weighted by atomic mass is 19.4. The number of hydrogen-bond acceptors (Lipinski definition) is 1. The van der Waals surface area contributed by atoms with E-state index in [1.54, 1.807) is 12.1 Å². The molecule has 1 nitrogen and oxygen atoms in total. The number of benzene rings is 2. The second-order valence-corrected chi connectivity index (χ2v) is 8.96. The zero-order chi connectivity index (χ0) is 19.5. The Morgan fingerprint density at radius 2 is 1.71 bits per heavy atom. The number of rotatable bonds is 1. The molecule has 0 N–H and O–H groups in total. The highest BCUT2D eigenvalue weighted by Crippen LogP contribution is 2.55. The van der Waals surface area contributed by atoms with Crippen molar-refractivity contribution in [3.8, 4) is 11.1 Å². The molecule has 0 spiro atoms. The van der Waals surface area contributed by atoms with Crippen LogP contribution >= 0.6 is 0 Å². The molecule has 3 atom stereocenters. The van der Waals surface area contributed by atoms with Gasteiger partial charge in [-0.25, -0.2) is 0 Å². The van der Waals surface area contributed by atoms with Gasteiger partial charge in [-0.3, -0.25) is 0 Å². The van der Waals surface area contributed by atoms with E-state index in [4.69, 9.17) is 0 Å². The lowest BCUT2D eigenvalue weighted by Gasteiger charge is -2.58. The van der Waals surface area contributed by atoms with Crippen LogP contribution in [0, 0.1) is 5.92 Å². The average molecular weight is 385 g/mol. The first kappa shape index (κ1) is 18.2. The molecule has 1 saturated carbocycles. The van der Waals surface area contributed by atoms with Gasteiger partial charge in [-0.05, 0) is 79.6 Å². The van der Waals surface area contributed by atoms with Crippen LogP contribution in [0.4, 0.5) is 13.2 Å². The number of alkyl halides is 3. The Balaban J connectivity index is 1.57. The molecule has 148 valence electrons. The van der Waals surface area contributed by atoms with Crippen molar-refractivity contribution in [1.82, 2.24) is 4.90 Å².